The number of imidazole rings is 1. The summed E-state index contributed by atoms with van der Waals surface area (Å²) in [5.41, 5.74) is 2.41. The van der Waals surface area contributed by atoms with Crippen LogP contribution in [0.5, 0.6) is 0 Å². The van der Waals surface area contributed by atoms with Gasteiger partial charge in [0.25, 0.3) is 6.43 Å². The minimum absolute atomic E-state index is 0.285. The van der Waals surface area contributed by atoms with Gasteiger partial charge in [-0.3, -0.25) is 4.90 Å². The van der Waals surface area contributed by atoms with Crippen molar-refractivity contribution >= 4 is 5.65 Å². The lowest BCUT2D eigenvalue weighted by atomic mass is 9.92. The molecule has 28 heavy (non-hydrogen) atoms. The third-order valence-corrected chi connectivity index (χ3v) is 5.57. The normalized spacial score (nSPS) is 21.3. The molecule has 7 nitrogen and oxygen atoms in total. The van der Waals surface area contributed by atoms with E-state index in [-0.39, 0.29) is 5.69 Å². The van der Waals surface area contributed by atoms with E-state index in [1.807, 2.05) is 6.07 Å². The van der Waals surface area contributed by atoms with Gasteiger partial charge in [-0.1, -0.05) is 0 Å². The van der Waals surface area contributed by atoms with Gasteiger partial charge in [-0.05, 0) is 37.6 Å². The first-order chi connectivity index (χ1) is 13.7. The van der Waals surface area contributed by atoms with Gasteiger partial charge in [0, 0.05) is 18.2 Å². The van der Waals surface area contributed by atoms with Gasteiger partial charge in [0.05, 0.1) is 31.1 Å². The number of alkyl halides is 2. The molecule has 3 aromatic heterocycles. The highest BCUT2D eigenvalue weighted by Gasteiger charge is 2.31. The van der Waals surface area contributed by atoms with Gasteiger partial charge in [0.15, 0.2) is 5.65 Å². The Labute approximate surface area is 160 Å². The van der Waals surface area contributed by atoms with Crippen molar-refractivity contribution in [3.05, 3.63) is 42.1 Å². The van der Waals surface area contributed by atoms with Gasteiger partial charge in [-0.2, -0.15) is 5.10 Å². The molecule has 5 rings (SSSR count). The van der Waals surface area contributed by atoms with Crippen LogP contribution >= 0.6 is 0 Å². The number of ether oxygens (including phenoxy) is 1. The number of fused-ring (bicyclic) bond motifs is 1. The van der Waals surface area contributed by atoms with Crippen molar-refractivity contribution in [2.75, 3.05) is 26.3 Å². The molecule has 0 saturated carbocycles. The van der Waals surface area contributed by atoms with Gasteiger partial charge in [-0.15, -0.1) is 0 Å². The number of piperidine rings is 1. The van der Waals surface area contributed by atoms with Crippen molar-refractivity contribution in [2.45, 2.75) is 31.2 Å². The highest BCUT2D eigenvalue weighted by molar-refractivity contribution is 5.59. The van der Waals surface area contributed by atoms with Crippen molar-refractivity contribution in [1.82, 2.24) is 29.5 Å². The molecule has 0 aromatic carbocycles. The molecular weight excluding hydrogens is 366 g/mol. The van der Waals surface area contributed by atoms with Crippen molar-refractivity contribution in [1.29, 1.82) is 0 Å². The second-order valence-corrected chi connectivity index (χ2v) is 7.33. The lowest BCUT2D eigenvalue weighted by Crippen LogP contribution is -2.52. The lowest BCUT2D eigenvalue weighted by Gasteiger charge is -2.41. The smallest absolute Gasteiger partial charge is 0.282 e. The first kappa shape index (κ1) is 17.6. The van der Waals surface area contributed by atoms with Crippen molar-refractivity contribution in [3.63, 3.8) is 0 Å². The third kappa shape index (κ3) is 3.14. The molecule has 2 aliphatic heterocycles. The number of hydrogen-bond acceptors (Lipinski definition) is 6. The fourth-order valence-electron chi connectivity index (χ4n) is 3.93. The summed E-state index contributed by atoms with van der Waals surface area (Å²) in [6.07, 6.45) is 2.70. The molecule has 0 aliphatic carbocycles. The standard InChI is InChI=1S/C19H20F2N6O/c20-19(21)14-3-4-18-22-7-17(27(18)25-14)16-6-15(23-11-24-16)12-2-1-5-26(8-12)13-9-28-10-13/h3-4,6-7,11-13,19H,1-2,5,8-10H2/t12-/m1/s1. The molecule has 0 N–H and O–H groups in total. The Balaban J connectivity index is 1.45. The minimum Gasteiger partial charge on any atom is -0.378 e. The van der Waals surface area contributed by atoms with Gasteiger partial charge in [-0.25, -0.2) is 28.2 Å². The quantitative estimate of drug-likeness (QED) is 0.687. The molecule has 9 heteroatoms. The average Bonchev–Trinajstić information content (AvgIpc) is 3.10. The predicted octanol–water partition coefficient (Wildman–Crippen LogP) is 2.70. The second-order valence-electron chi connectivity index (χ2n) is 7.33. The SMILES string of the molecule is FC(F)c1ccc2ncc(-c3cc([C@@H]4CCCN(C5COC5)C4)ncn3)n2n1. The maximum atomic E-state index is 13.0. The monoisotopic (exact) mass is 386 g/mol. The molecule has 3 aromatic rings. The van der Waals surface area contributed by atoms with Crippen molar-refractivity contribution in [3.8, 4) is 11.4 Å². The molecule has 5 heterocycles. The first-order valence-electron chi connectivity index (χ1n) is 9.46. The van der Waals surface area contributed by atoms with Crippen molar-refractivity contribution in [2.24, 2.45) is 0 Å². The Morgan fingerprint density at radius 3 is 2.82 bits per heavy atom. The number of hydrogen-bond donors (Lipinski definition) is 0. The van der Waals surface area contributed by atoms with Crippen LogP contribution in [0.15, 0.2) is 30.7 Å². The van der Waals surface area contributed by atoms with Crippen molar-refractivity contribution < 1.29 is 13.5 Å². The number of nitrogens with zero attached hydrogens (tertiary/aromatic N) is 6. The summed E-state index contributed by atoms with van der Waals surface area (Å²) in [5, 5.41) is 4.03. The highest BCUT2D eigenvalue weighted by atomic mass is 19.3. The van der Waals surface area contributed by atoms with E-state index < -0.39 is 6.43 Å². The summed E-state index contributed by atoms with van der Waals surface area (Å²) in [5.74, 6) is 0.319. The maximum absolute atomic E-state index is 13.0. The minimum atomic E-state index is -2.63. The van der Waals surface area contributed by atoms with Crippen LogP contribution in [0.25, 0.3) is 17.0 Å². The number of likely N-dealkylation sites (tertiary alicyclic amines) is 1. The van der Waals surface area contributed by atoms with Crippen LogP contribution in [0.4, 0.5) is 8.78 Å². The first-order valence-corrected chi connectivity index (χ1v) is 9.46. The van der Waals surface area contributed by atoms with Gasteiger partial charge in [0.1, 0.15) is 17.7 Å². The van der Waals surface area contributed by atoms with Crippen LogP contribution in [0.3, 0.4) is 0 Å². The van der Waals surface area contributed by atoms with E-state index in [0.717, 1.165) is 44.8 Å². The van der Waals surface area contributed by atoms with Gasteiger partial charge in [0.2, 0.25) is 0 Å². The van der Waals surface area contributed by atoms with Crippen LogP contribution in [0.1, 0.15) is 36.6 Å². The Morgan fingerprint density at radius 2 is 2.04 bits per heavy atom. The topological polar surface area (TPSA) is 68.4 Å². The highest BCUT2D eigenvalue weighted by Crippen LogP contribution is 2.30. The number of rotatable bonds is 4. The van der Waals surface area contributed by atoms with Crippen LogP contribution in [0, 0.1) is 0 Å². The molecule has 2 aliphatic rings. The fourth-order valence-corrected chi connectivity index (χ4v) is 3.93. The second kappa shape index (κ2) is 7.14. The molecule has 0 amide bonds. The van der Waals surface area contributed by atoms with E-state index in [2.05, 4.69) is 25.0 Å². The zero-order valence-electron chi connectivity index (χ0n) is 15.2. The van der Waals surface area contributed by atoms with E-state index in [4.69, 9.17) is 4.74 Å². The molecule has 146 valence electrons. The summed E-state index contributed by atoms with van der Waals surface area (Å²) in [6, 6.07) is 5.29. The number of aromatic nitrogens is 5. The van der Waals surface area contributed by atoms with E-state index >= 15 is 0 Å². The zero-order chi connectivity index (χ0) is 19.1. The largest absolute Gasteiger partial charge is 0.378 e. The molecule has 0 bridgehead atoms. The maximum Gasteiger partial charge on any atom is 0.282 e. The van der Waals surface area contributed by atoms with Gasteiger partial charge < -0.3 is 4.74 Å². The van der Waals surface area contributed by atoms with Crippen LogP contribution in [-0.2, 0) is 4.74 Å². The Bertz CT molecular complexity index is 989. The molecule has 2 fully saturated rings. The fraction of sp³-hybridized carbons (Fsp3) is 0.474. The van der Waals surface area contributed by atoms with E-state index in [1.165, 1.54) is 16.9 Å². The molecule has 0 spiro atoms. The number of halogens is 2. The molecule has 0 unspecified atom stereocenters. The van der Waals surface area contributed by atoms with Gasteiger partial charge >= 0.3 is 0 Å². The Hall–Kier alpha value is -2.52. The predicted molar refractivity (Wildman–Crippen MR) is 97.1 cm³/mol. The summed E-state index contributed by atoms with van der Waals surface area (Å²) >= 11 is 0. The Kier molecular flexibility index (Phi) is 4.48. The van der Waals surface area contributed by atoms with Crippen LogP contribution in [-0.4, -0.2) is 61.8 Å². The summed E-state index contributed by atoms with van der Waals surface area (Å²) in [4.78, 5) is 15.6. The average molecular weight is 386 g/mol. The molecule has 1 atom stereocenters. The summed E-state index contributed by atoms with van der Waals surface area (Å²) in [6.45, 7) is 3.66. The van der Waals surface area contributed by atoms with Crippen LogP contribution in [0.2, 0.25) is 0 Å². The van der Waals surface area contributed by atoms with E-state index in [9.17, 15) is 8.78 Å². The molecular formula is C19H20F2N6O. The van der Waals surface area contributed by atoms with E-state index in [0.29, 0.717) is 29.0 Å². The molecule has 2 saturated heterocycles. The van der Waals surface area contributed by atoms with Crippen LogP contribution < -0.4 is 0 Å². The zero-order valence-corrected chi connectivity index (χ0v) is 15.2. The third-order valence-electron chi connectivity index (χ3n) is 5.57. The summed E-state index contributed by atoms with van der Waals surface area (Å²) < 4.78 is 32.8. The lowest BCUT2D eigenvalue weighted by molar-refractivity contribution is -0.0723. The molecule has 0 radical (unpaired) electrons. The Morgan fingerprint density at radius 1 is 1.14 bits per heavy atom. The van der Waals surface area contributed by atoms with E-state index in [1.54, 1.807) is 12.3 Å². The summed E-state index contributed by atoms with van der Waals surface area (Å²) in [7, 11) is 0.